The molecular formula is C11H13N3OS. The molecule has 1 heterocycles. The van der Waals surface area contributed by atoms with Crippen molar-refractivity contribution in [3.63, 3.8) is 0 Å². The standard InChI is InChI=1S/C11H13N3OS/c1-15-7-8-16-11-13-12-9-14(11)10-5-3-2-4-6-10/h2-6,9H,7-8H2,1H3. The van der Waals surface area contributed by atoms with E-state index in [9.17, 15) is 0 Å². The molecule has 4 nitrogen and oxygen atoms in total. The van der Waals surface area contributed by atoms with Gasteiger partial charge in [0.2, 0.25) is 0 Å². The topological polar surface area (TPSA) is 39.9 Å². The fourth-order valence-electron chi connectivity index (χ4n) is 1.30. The first-order valence-corrected chi connectivity index (χ1v) is 5.97. The van der Waals surface area contributed by atoms with Crippen LogP contribution in [0.25, 0.3) is 5.69 Å². The van der Waals surface area contributed by atoms with Gasteiger partial charge in [0.05, 0.1) is 6.61 Å². The van der Waals surface area contributed by atoms with E-state index >= 15 is 0 Å². The maximum Gasteiger partial charge on any atom is 0.195 e. The van der Waals surface area contributed by atoms with Gasteiger partial charge in [-0.15, -0.1) is 10.2 Å². The van der Waals surface area contributed by atoms with Crippen LogP contribution in [0, 0.1) is 0 Å². The van der Waals surface area contributed by atoms with E-state index < -0.39 is 0 Å². The fourth-order valence-corrected chi connectivity index (χ4v) is 2.13. The van der Waals surface area contributed by atoms with Crippen molar-refractivity contribution in [3.05, 3.63) is 36.7 Å². The van der Waals surface area contributed by atoms with Crippen molar-refractivity contribution in [1.29, 1.82) is 0 Å². The van der Waals surface area contributed by atoms with Gasteiger partial charge in [0.25, 0.3) is 0 Å². The molecule has 84 valence electrons. The number of methoxy groups -OCH3 is 1. The second-order valence-corrected chi connectivity index (χ2v) is 4.22. The number of hydrogen-bond donors (Lipinski definition) is 0. The molecule has 0 saturated carbocycles. The van der Waals surface area contributed by atoms with Crippen LogP contribution >= 0.6 is 11.8 Å². The maximum atomic E-state index is 5.01. The molecule has 16 heavy (non-hydrogen) atoms. The molecule has 2 aromatic rings. The summed E-state index contributed by atoms with van der Waals surface area (Å²) < 4.78 is 6.98. The summed E-state index contributed by atoms with van der Waals surface area (Å²) in [6, 6.07) is 10.1. The highest BCUT2D eigenvalue weighted by atomic mass is 32.2. The van der Waals surface area contributed by atoms with Crippen LogP contribution < -0.4 is 0 Å². The van der Waals surface area contributed by atoms with E-state index in [2.05, 4.69) is 10.2 Å². The van der Waals surface area contributed by atoms with Gasteiger partial charge in [0.15, 0.2) is 5.16 Å². The molecule has 0 bridgehead atoms. The van der Waals surface area contributed by atoms with E-state index in [0.29, 0.717) is 6.61 Å². The Morgan fingerprint density at radius 1 is 1.31 bits per heavy atom. The lowest BCUT2D eigenvalue weighted by atomic mass is 10.3. The molecule has 0 atom stereocenters. The highest BCUT2D eigenvalue weighted by Crippen LogP contribution is 2.18. The van der Waals surface area contributed by atoms with Crippen LogP contribution in [0.5, 0.6) is 0 Å². The monoisotopic (exact) mass is 235 g/mol. The molecule has 0 unspecified atom stereocenters. The van der Waals surface area contributed by atoms with E-state index in [1.807, 2.05) is 34.9 Å². The van der Waals surface area contributed by atoms with Gasteiger partial charge in [0.1, 0.15) is 6.33 Å². The van der Waals surface area contributed by atoms with Crippen molar-refractivity contribution in [2.45, 2.75) is 5.16 Å². The van der Waals surface area contributed by atoms with Crippen LogP contribution in [-0.4, -0.2) is 34.2 Å². The van der Waals surface area contributed by atoms with Crippen LogP contribution in [0.1, 0.15) is 0 Å². The van der Waals surface area contributed by atoms with Crippen LogP contribution in [0.3, 0.4) is 0 Å². The summed E-state index contributed by atoms with van der Waals surface area (Å²) in [5, 5.41) is 8.91. The molecule has 1 aromatic heterocycles. The van der Waals surface area contributed by atoms with Crippen molar-refractivity contribution >= 4 is 11.8 Å². The SMILES string of the molecule is COCCSc1nncn1-c1ccccc1. The van der Waals surface area contributed by atoms with Crippen molar-refractivity contribution < 1.29 is 4.74 Å². The zero-order chi connectivity index (χ0) is 11.2. The summed E-state index contributed by atoms with van der Waals surface area (Å²) in [5.74, 6) is 0.877. The number of hydrogen-bond acceptors (Lipinski definition) is 4. The summed E-state index contributed by atoms with van der Waals surface area (Å²) >= 11 is 1.64. The number of nitrogens with zero attached hydrogens (tertiary/aromatic N) is 3. The normalized spacial score (nSPS) is 10.6. The summed E-state index contributed by atoms with van der Waals surface area (Å²) in [6.45, 7) is 0.715. The highest BCUT2D eigenvalue weighted by molar-refractivity contribution is 7.99. The minimum Gasteiger partial charge on any atom is -0.384 e. The van der Waals surface area contributed by atoms with Gasteiger partial charge in [-0.1, -0.05) is 30.0 Å². The number of thioether (sulfide) groups is 1. The molecule has 0 spiro atoms. The van der Waals surface area contributed by atoms with Gasteiger partial charge >= 0.3 is 0 Å². The van der Waals surface area contributed by atoms with Gasteiger partial charge in [-0.25, -0.2) is 0 Å². The third-order valence-electron chi connectivity index (χ3n) is 2.07. The Bertz CT molecular complexity index is 430. The zero-order valence-electron chi connectivity index (χ0n) is 9.04. The first-order valence-electron chi connectivity index (χ1n) is 4.99. The predicted octanol–water partition coefficient (Wildman–Crippen LogP) is 2.01. The van der Waals surface area contributed by atoms with Crippen LogP contribution in [0.2, 0.25) is 0 Å². The lowest BCUT2D eigenvalue weighted by Gasteiger charge is -2.05. The van der Waals surface area contributed by atoms with E-state index in [1.54, 1.807) is 25.2 Å². The largest absolute Gasteiger partial charge is 0.384 e. The maximum absolute atomic E-state index is 5.01. The smallest absolute Gasteiger partial charge is 0.195 e. The number of rotatable bonds is 5. The van der Waals surface area contributed by atoms with E-state index in [1.165, 1.54) is 0 Å². The number of para-hydroxylation sites is 1. The van der Waals surface area contributed by atoms with Crippen molar-refractivity contribution in [2.75, 3.05) is 19.5 Å². The molecule has 1 aromatic carbocycles. The van der Waals surface area contributed by atoms with Crippen LogP contribution in [0.4, 0.5) is 0 Å². The Morgan fingerprint density at radius 3 is 2.88 bits per heavy atom. The number of ether oxygens (including phenoxy) is 1. The average molecular weight is 235 g/mol. The number of benzene rings is 1. The summed E-state index contributed by atoms with van der Waals surface area (Å²) in [5.41, 5.74) is 1.08. The molecule has 0 saturated heterocycles. The van der Waals surface area contributed by atoms with Gasteiger partial charge in [0, 0.05) is 18.6 Å². The quantitative estimate of drug-likeness (QED) is 0.587. The molecule has 0 radical (unpaired) electrons. The average Bonchev–Trinajstić information content (AvgIpc) is 2.79. The summed E-state index contributed by atoms with van der Waals surface area (Å²) in [6.07, 6.45) is 1.73. The summed E-state index contributed by atoms with van der Waals surface area (Å²) in [7, 11) is 1.70. The van der Waals surface area contributed by atoms with Gasteiger partial charge < -0.3 is 4.74 Å². The second-order valence-electron chi connectivity index (χ2n) is 3.16. The first-order chi connectivity index (χ1) is 7.92. The number of aromatic nitrogens is 3. The van der Waals surface area contributed by atoms with Crippen molar-refractivity contribution in [1.82, 2.24) is 14.8 Å². The Balaban J connectivity index is 2.13. The van der Waals surface area contributed by atoms with Crippen LogP contribution in [-0.2, 0) is 4.74 Å². The molecule has 0 N–H and O–H groups in total. The summed E-state index contributed by atoms with van der Waals surface area (Å²) in [4.78, 5) is 0. The van der Waals surface area contributed by atoms with E-state index in [-0.39, 0.29) is 0 Å². The second kappa shape index (κ2) is 5.67. The Labute approximate surface area is 98.6 Å². The third-order valence-corrected chi connectivity index (χ3v) is 2.98. The van der Waals surface area contributed by atoms with Crippen molar-refractivity contribution in [2.24, 2.45) is 0 Å². The minimum atomic E-state index is 0.715. The van der Waals surface area contributed by atoms with Crippen molar-refractivity contribution in [3.8, 4) is 5.69 Å². The Hall–Kier alpha value is -1.33. The fraction of sp³-hybridized carbons (Fsp3) is 0.273. The molecule has 0 amide bonds. The highest BCUT2D eigenvalue weighted by Gasteiger charge is 2.05. The minimum absolute atomic E-state index is 0.715. The molecule has 0 aliphatic rings. The lowest BCUT2D eigenvalue weighted by Crippen LogP contribution is -1.97. The molecule has 0 aliphatic carbocycles. The molecular weight excluding hydrogens is 222 g/mol. The Morgan fingerprint density at radius 2 is 2.12 bits per heavy atom. The molecule has 5 heteroatoms. The van der Waals surface area contributed by atoms with E-state index in [4.69, 9.17) is 4.74 Å². The third kappa shape index (κ3) is 2.62. The van der Waals surface area contributed by atoms with Crippen LogP contribution in [0.15, 0.2) is 41.8 Å². The van der Waals surface area contributed by atoms with E-state index in [0.717, 1.165) is 16.6 Å². The van der Waals surface area contributed by atoms with Gasteiger partial charge in [-0.2, -0.15) is 0 Å². The lowest BCUT2D eigenvalue weighted by molar-refractivity contribution is 0.218. The Kier molecular flexibility index (Phi) is 3.96. The first kappa shape index (κ1) is 11.2. The van der Waals surface area contributed by atoms with Gasteiger partial charge in [-0.05, 0) is 12.1 Å². The molecule has 0 fully saturated rings. The van der Waals surface area contributed by atoms with Gasteiger partial charge in [-0.3, -0.25) is 4.57 Å². The molecule has 0 aliphatic heterocycles. The molecule has 2 rings (SSSR count). The zero-order valence-corrected chi connectivity index (χ0v) is 9.85. The predicted molar refractivity (Wildman–Crippen MR) is 64.0 cm³/mol.